The molecule has 0 fully saturated rings. The van der Waals surface area contributed by atoms with Crippen LogP contribution in [0.5, 0.6) is 5.75 Å². The monoisotopic (exact) mass is 579 g/mol. The number of hydrogen-bond donors (Lipinski definition) is 3. The van der Waals surface area contributed by atoms with Crippen LogP contribution in [-0.2, 0) is 19.3 Å². The van der Waals surface area contributed by atoms with Gasteiger partial charge in [0.2, 0.25) is 0 Å². The molecule has 0 aliphatic heterocycles. The van der Waals surface area contributed by atoms with Gasteiger partial charge in [-0.15, -0.1) is 11.3 Å². The average Bonchev–Trinajstić information content (AvgIpc) is 3.25. The molecule has 7 heteroatoms. The van der Waals surface area contributed by atoms with Crippen molar-refractivity contribution in [2.24, 2.45) is 5.92 Å². The smallest absolute Gasteiger partial charge is 0.255 e. The number of aryl methyl sites for hydroxylation is 1. The minimum absolute atomic E-state index is 0.00472. The predicted octanol–water partition coefficient (Wildman–Crippen LogP) is 6.68. The highest BCUT2D eigenvalue weighted by atomic mass is 79.9. The maximum Gasteiger partial charge on any atom is 0.255 e. The Balaban J connectivity index is 1.35. The Morgan fingerprint density at radius 1 is 1.24 bits per heavy atom. The summed E-state index contributed by atoms with van der Waals surface area (Å²) in [4.78, 5) is 15.0. The van der Waals surface area contributed by atoms with E-state index >= 15 is 0 Å². The third-order valence-corrected chi connectivity index (χ3v) is 9.21. The lowest BCUT2D eigenvalue weighted by molar-refractivity contribution is 0.0943. The molecule has 1 aromatic heterocycles. The molecule has 5 nitrogen and oxygen atoms in total. The Morgan fingerprint density at radius 2 is 2.00 bits per heavy atom. The minimum atomic E-state index is -0.253. The number of carbonyl (C=O) groups excluding carboxylic acids is 1. The molecule has 4 rings (SSSR count). The highest BCUT2D eigenvalue weighted by Crippen LogP contribution is 2.36. The van der Waals surface area contributed by atoms with Crippen molar-refractivity contribution in [3.8, 4) is 11.8 Å². The first-order chi connectivity index (χ1) is 17.9. The quantitative estimate of drug-likeness (QED) is 0.250. The number of hydrogen-bond acceptors (Lipinski definition) is 5. The molecular weight excluding hydrogens is 546 g/mol. The van der Waals surface area contributed by atoms with Crippen LogP contribution in [0.2, 0.25) is 0 Å². The van der Waals surface area contributed by atoms with Crippen LogP contribution in [0.1, 0.15) is 76.0 Å². The van der Waals surface area contributed by atoms with Gasteiger partial charge in [-0.25, -0.2) is 0 Å². The number of benzene rings is 2. The Kier molecular flexibility index (Phi) is 9.42. The third-order valence-electron chi connectivity index (χ3n) is 7.36. The number of fused-ring (bicyclic) bond motifs is 1. The number of rotatable bonds is 10. The lowest BCUT2D eigenvalue weighted by Crippen LogP contribution is -2.35. The van der Waals surface area contributed by atoms with Gasteiger partial charge in [-0.2, -0.15) is 5.26 Å². The van der Waals surface area contributed by atoms with Crippen molar-refractivity contribution in [1.29, 1.82) is 5.26 Å². The van der Waals surface area contributed by atoms with Crippen molar-refractivity contribution in [2.75, 3.05) is 6.54 Å². The maximum absolute atomic E-state index is 12.5. The fourth-order valence-electron chi connectivity index (χ4n) is 5.08. The lowest BCUT2D eigenvalue weighted by Gasteiger charge is -2.27. The molecule has 3 atom stereocenters. The summed E-state index contributed by atoms with van der Waals surface area (Å²) in [5, 5.41) is 26.7. The van der Waals surface area contributed by atoms with Crippen LogP contribution in [-0.4, -0.2) is 23.6 Å². The molecule has 1 aliphatic carbocycles. The van der Waals surface area contributed by atoms with E-state index in [1.54, 1.807) is 29.5 Å². The lowest BCUT2D eigenvalue weighted by atomic mass is 9.90. The number of aromatic hydroxyl groups is 1. The number of nitrogens with zero attached hydrogens (tertiary/aromatic N) is 1. The molecule has 37 heavy (non-hydrogen) atoms. The molecule has 3 unspecified atom stereocenters. The predicted molar refractivity (Wildman–Crippen MR) is 153 cm³/mol. The molecule has 0 bridgehead atoms. The van der Waals surface area contributed by atoms with Crippen LogP contribution < -0.4 is 10.6 Å². The SMILES string of the molecule is CCC(CCc1sc2c(c1C#N)CCC(NC(C)c1ccc(Br)cc1)C2)CNC(=O)c1ccccc1O. The molecule has 0 radical (unpaired) electrons. The number of phenols is 1. The number of para-hydroxylation sites is 1. The van der Waals surface area contributed by atoms with Gasteiger partial charge in [0.15, 0.2) is 0 Å². The number of nitriles is 1. The molecule has 0 spiro atoms. The van der Waals surface area contributed by atoms with Gasteiger partial charge >= 0.3 is 0 Å². The summed E-state index contributed by atoms with van der Waals surface area (Å²) in [7, 11) is 0. The zero-order chi connectivity index (χ0) is 26.4. The number of amides is 1. The van der Waals surface area contributed by atoms with Gasteiger partial charge in [0, 0.05) is 32.9 Å². The Morgan fingerprint density at radius 3 is 2.70 bits per heavy atom. The molecular formula is C30H34BrN3O2S. The largest absolute Gasteiger partial charge is 0.507 e. The van der Waals surface area contributed by atoms with E-state index in [9.17, 15) is 15.2 Å². The summed E-state index contributed by atoms with van der Waals surface area (Å²) in [5.41, 5.74) is 3.71. The Bertz CT molecular complexity index is 1260. The summed E-state index contributed by atoms with van der Waals surface area (Å²) in [6.07, 6.45) is 5.63. The van der Waals surface area contributed by atoms with Gasteiger partial charge in [0.25, 0.3) is 5.91 Å². The number of phenolic OH excluding ortho intramolecular Hbond substituents is 1. The van der Waals surface area contributed by atoms with Crippen molar-refractivity contribution in [2.45, 2.75) is 64.5 Å². The van der Waals surface area contributed by atoms with Gasteiger partial charge in [-0.1, -0.05) is 53.5 Å². The minimum Gasteiger partial charge on any atom is -0.507 e. The fourth-order valence-corrected chi connectivity index (χ4v) is 6.74. The van der Waals surface area contributed by atoms with Crippen LogP contribution in [0.15, 0.2) is 53.0 Å². The second-order valence-electron chi connectivity index (χ2n) is 9.83. The Hall–Kier alpha value is -2.66. The van der Waals surface area contributed by atoms with E-state index in [0.29, 0.717) is 24.1 Å². The van der Waals surface area contributed by atoms with E-state index in [1.165, 1.54) is 26.9 Å². The first-order valence-electron chi connectivity index (χ1n) is 13.0. The zero-order valence-electron chi connectivity index (χ0n) is 21.4. The van der Waals surface area contributed by atoms with Gasteiger partial charge in [0.1, 0.15) is 11.8 Å². The first kappa shape index (κ1) is 27.4. The van der Waals surface area contributed by atoms with E-state index in [-0.39, 0.29) is 17.7 Å². The third kappa shape index (κ3) is 6.81. The molecule has 1 amide bonds. The van der Waals surface area contributed by atoms with Gasteiger partial charge < -0.3 is 15.7 Å². The van der Waals surface area contributed by atoms with Gasteiger partial charge in [-0.3, -0.25) is 4.79 Å². The van der Waals surface area contributed by atoms with E-state index in [4.69, 9.17) is 0 Å². The first-order valence-corrected chi connectivity index (χ1v) is 14.6. The van der Waals surface area contributed by atoms with Gasteiger partial charge in [0.05, 0.1) is 11.1 Å². The molecule has 1 aliphatic rings. The second-order valence-corrected chi connectivity index (χ2v) is 11.9. The molecule has 0 saturated heterocycles. The van der Waals surface area contributed by atoms with E-state index in [1.807, 2.05) is 0 Å². The normalized spacial score (nSPS) is 16.4. The maximum atomic E-state index is 12.5. The average molecular weight is 581 g/mol. The summed E-state index contributed by atoms with van der Waals surface area (Å²) >= 11 is 5.31. The second kappa shape index (κ2) is 12.7. The molecule has 2 aromatic carbocycles. The van der Waals surface area contributed by atoms with E-state index in [0.717, 1.165) is 48.6 Å². The van der Waals surface area contributed by atoms with Crippen LogP contribution >= 0.6 is 27.3 Å². The van der Waals surface area contributed by atoms with Gasteiger partial charge in [-0.05, 0) is 80.3 Å². The van der Waals surface area contributed by atoms with Crippen molar-refractivity contribution in [1.82, 2.24) is 10.6 Å². The van der Waals surface area contributed by atoms with E-state index in [2.05, 4.69) is 70.7 Å². The summed E-state index contributed by atoms with van der Waals surface area (Å²) < 4.78 is 1.09. The van der Waals surface area contributed by atoms with Crippen LogP contribution in [0.25, 0.3) is 0 Å². The van der Waals surface area contributed by atoms with Crippen molar-refractivity contribution in [3.05, 3.63) is 85.0 Å². The van der Waals surface area contributed by atoms with Crippen molar-refractivity contribution >= 4 is 33.2 Å². The molecule has 3 N–H and O–H groups in total. The van der Waals surface area contributed by atoms with Crippen molar-refractivity contribution in [3.63, 3.8) is 0 Å². The highest BCUT2D eigenvalue weighted by molar-refractivity contribution is 9.10. The fraction of sp³-hybridized carbons (Fsp3) is 0.400. The Labute approximate surface area is 232 Å². The molecule has 0 saturated carbocycles. The highest BCUT2D eigenvalue weighted by Gasteiger charge is 2.27. The van der Waals surface area contributed by atoms with E-state index < -0.39 is 0 Å². The summed E-state index contributed by atoms with van der Waals surface area (Å²) in [6, 6.07) is 18.2. The molecule has 194 valence electrons. The summed E-state index contributed by atoms with van der Waals surface area (Å²) in [6.45, 7) is 4.89. The molecule has 1 heterocycles. The topological polar surface area (TPSA) is 85.2 Å². The zero-order valence-corrected chi connectivity index (χ0v) is 23.8. The van der Waals surface area contributed by atoms with Crippen LogP contribution in [0.3, 0.4) is 0 Å². The number of carbonyl (C=O) groups is 1. The summed E-state index contributed by atoms with van der Waals surface area (Å²) in [5.74, 6) is 0.0494. The number of nitrogens with one attached hydrogen (secondary N) is 2. The number of thiophene rings is 1. The van der Waals surface area contributed by atoms with Crippen LogP contribution in [0.4, 0.5) is 0 Å². The number of halogens is 1. The standard InChI is InChI=1S/C30H34BrN3O2S/c1-3-20(18-33-30(36)25-6-4-5-7-27(25)35)8-15-28-26(17-32)24-14-13-23(16-29(24)37-28)34-19(2)21-9-11-22(31)12-10-21/h4-7,9-12,19-20,23,34-35H,3,8,13-16,18H2,1-2H3,(H,33,36). The van der Waals surface area contributed by atoms with Crippen LogP contribution in [0, 0.1) is 17.2 Å². The molecule has 3 aromatic rings. The van der Waals surface area contributed by atoms with Crippen molar-refractivity contribution < 1.29 is 9.90 Å².